The predicted molar refractivity (Wildman–Crippen MR) is 124 cm³/mol. The highest BCUT2D eigenvalue weighted by Crippen LogP contribution is 2.32. The van der Waals surface area contributed by atoms with Gasteiger partial charge in [0.05, 0.1) is 6.10 Å². The zero-order chi connectivity index (χ0) is 22.4. The molecule has 7 heteroatoms. The van der Waals surface area contributed by atoms with Gasteiger partial charge >= 0.3 is 0 Å². The fourth-order valence-electron chi connectivity index (χ4n) is 3.32. The Hall–Kier alpha value is -1.19. The minimum atomic E-state index is -1.38. The summed E-state index contributed by atoms with van der Waals surface area (Å²) >= 11 is 12.1. The molecule has 1 aromatic carbocycles. The molecule has 0 saturated carbocycles. The number of ether oxygens (including phenoxy) is 1. The molecule has 3 atom stereocenters. The number of halogens is 2. The van der Waals surface area contributed by atoms with E-state index in [-0.39, 0.29) is 17.4 Å². The standard InChI is InChI=1S/C22H33Cl2NO3Si/c1-9-11-22(6,20(21(3,4)5)28-29(7)8)25-19(26)18(10-2)27-17-13-15(23)12-16(24)14-17/h12-14,18,20,29H,10H2,1-8H3,(H,25,26). The summed E-state index contributed by atoms with van der Waals surface area (Å²) in [6.07, 6.45) is -0.499. The monoisotopic (exact) mass is 457 g/mol. The lowest BCUT2D eigenvalue weighted by Crippen LogP contribution is -2.61. The molecule has 0 bridgehead atoms. The number of amides is 1. The van der Waals surface area contributed by atoms with E-state index >= 15 is 0 Å². The van der Waals surface area contributed by atoms with Gasteiger partial charge in [0.25, 0.3) is 5.91 Å². The van der Waals surface area contributed by atoms with Crippen LogP contribution >= 0.6 is 23.2 Å². The van der Waals surface area contributed by atoms with E-state index in [9.17, 15) is 4.79 Å². The SMILES string of the molecule is CC#CC(C)(NC(=O)C(CC)Oc1cc(Cl)cc(Cl)c1)C(O[SiH](C)C)C(C)(C)C. The van der Waals surface area contributed by atoms with Crippen molar-refractivity contribution in [1.82, 2.24) is 5.32 Å². The highest BCUT2D eigenvalue weighted by atomic mass is 35.5. The van der Waals surface area contributed by atoms with E-state index in [0.717, 1.165) is 0 Å². The molecule has 0 radical (unpaired) electrons. The summed E-state index contributed by atoms with van der Waals surface area (Å²) in [7, 11) is -1.38. The molecule has 29 heavy (non-hydrogen) atoms. The second kappa shape index (κ2) is 10.7. The molecule has 162 valence electrons. The largest absolute Gasteiger partial charge is 0.481 e. The Labute approximate surface area is 187 Å². The average molecular weight is 459 g/mol. The van der Waals surface area contributed by atoms with Gasteiger partial charge in [0, 0.05) is 10.0 Å². The topological polar surface area (TPSA) is 47.6 Å². The third-order valence-corrected chi connectivity index (χ3v) is 5.52. The predicted octanol–water partition coefficient (Wildman–Crippen LogP) is 5.46. The summed E-state index contributed by atoms with van der Waals surface area (Å²) in [4.78, 5) is 13.1. The summed E-state index contributed by atoms with van der Waals surface area (Å²) < 4.78 is 12.2. The minimum absolute atomic E-state index is 0.216. The van der Waals surface area contributed by atoms with Crippen molar-refractivity contribution < 1.29 is 14.0 Å². The highest BCUT2D eigenvalue weighted by Gasteiger charge is 2.43. The van der Waals surface area contributed by atoms with Crippen molar-refractivity contribution in [2.75, 3.05) is 0 Å². The van der Waals surface area contributed by atoms with Crippen LogP contribution in [0.25, 0.3) is 0 Å². The van der Waals surface area contributed by atoms with Crippen molar-refractivity contribution in [3.63, 3.8) is 0 Å². The van der Waals surface area contributed by atoms with E-state index in [1.165, 1.54) is 0 Å². The lowest BCUT2D eigenvalue weighted by atomic mass is 9.77. The molecule has 0 saturated heterocycles. The van der Waals surface area contributed by atoms with Crippen molar-refractivity contribution >= 4 is 38.1 Å². The first kappa shape index (κ1) is 25.8. The minimum Gasteiger partial charge on any atom is -0.481 e. The van der Waals surface area contributed by atoms with Crippen molar-refractivity contribution in [2.24, 2.45) is 5.41 Å². The van der Waals surface area contributed by atoms with Gasteiger partial charge in [0.1, 0.15) is 11.3 Å². The molecule has 1 N–H and O–H groups in total. The van der Waals surface area contributed by atoms with Crippen LogP contribution < -0.4 is 10.1 Å². The van der Waals surface area contributed by atoms with E-state index < -0.39 is 20.7 Å². The van der Waals surface area contributed by atoms with Crippen LogP contribution in [0.1, 0.15) is 48.0 Å². The summed E-state index contributed by atoms with van der Waals surface area (Å²) in [5.41, 5.74) is -1.07. The maximum atomic E-state index is 13.1. The van der Waals surface area contributed by atoms with Crippen LogP contribution in [0.2, 0.25) is 23.1 Å². The zero-order valence-electron chi connectivity index (χ0n) is 18.7. The second-order valence-electron chi connectivity index (χ2n) is 8.62. The number of benzene rings is 1. The number of nitrogens with one attached hydrogen (secondary N) is 1. The Morgan fingerprint density at radius 1 is 1.17 bits per heavy atom. The quantitative estimate of drug-likeness (QED) is 0.416. The first-order valence-corrected chi connectivity index (χ1v) is 13.4. The lowest BCUT2D eigenvalue weighted by molar-refractivity contribution is -0.131. The Balaban J connectivity index is 3.16. The fourth-order valence-corrected chi connectivity index (χ4v) is 5.05. The number of carbonyl (C=O) groups is 1. The third kappa shape index (κ3) is 7.86. The first-order valence-electron chi connectivity index (χ1n) is 9.86. The highest BCUT2D eigenvalue weighted by molar-refractivity contribution is 6.48. The molecule has 0 aliphatic carbocycles. The summed E-state index contributed by atoms with van der Waals surface area (Å²) in [5, 5.41) is 4.00. The van der Waals surface area contributed by atoms with Gasteiger partial charge in [-0.25, -0.2) is 0 Å². The number of carbonyl (C=O) groups excluding carboxylic acids is 1. The number of rotatable bonds is 8. The Morgan fingerprint density at radius 3 is 2.14 bits per heavy atom. The van der Waals surface area contributed by atoms with Gasteiger partial charge in [0.2, 0.25) is 0 Å². The van der Waals surface area contributed by atoms with Gasteiger partial charge in [-0.05, 0) is 57.0 Å². The molecule has 0 spiro atoms. The van der Waals surface area contributed by atoms with Gasteiger partial charge in [-0.2, -0.15) is 0 Å². The van der Waals surface area contributed by atoms with Crippen molar-refractivity contribution in [3.05, 3.63) is 28.2 Å². The second-order valence-corrected chi connectivity index (χ2v) is 11.9. The van der Waals surface area contributed by atoms with Crippen molar-refractivity contribution in [2.45, 2.75) is 78.8 Å². The summed E-state index contributed by atoms with van der Waals surface area (Å²) in [6, 6.07) is 4.89. The molecule has 1 rings (SSSR count). The van der Waals surface area contributed by atoms with Crippen molar-refractivity contribution in [3.8, 4) is 17.6 Å². The average Bonchev–Trinajstić information content (AvgIpc) is 2.55. The molecule has 0 fully saturated rings. The van der Waals surface area contributed by atoms with Crippen LogP contribution in [0.3, 0.4) is 0 Å². The van der Waals surface area contributed by atoms with E-state index in [4.69, 9.17) is 32.4 Å². The van der Waals surface area contributed by atoms with Gasteiger partial charge in [-0.1, -0.05) is 56.8 Å². The molecule has 1 aromatic rings. The molecule has 0 aliphatic heterocycles. The van der Waals surface area contributed by atoms with E-state index in [1.54, 1.807) is 25.1 Å². The molecule has 1 amide bonds. The van der Waals surface area contributed by atoms with Gasteiger partial charge in [-0.15, -0.1) is 5.92 Å². The molecule has 4 nitrogen and oxygen atoms in total. The molecule has 0 aromatic heterocycles. The summed E-state index contributed by atoms with van der Waals surface area (Å²) in [6.45, 7) is 16.1. The molecule has 0 aliphatic rings. The van der Waals surface area contributed by atoms with E-state index in [1.807, 2.05) is 13.8 Å². The molecular weight excluding hydrogens is 425 g/mol. The Kier molecular flexibility index (Phi) is 9.55. The van der Waals surface area contributed by atoms with Crippen LogP contribution in [0.15, 0.2) is 18.2 Å². The first-order chi connectivity index (χ1) is 13.3. The lowest BCUT2D eigenvalue weighted by Gasteiger charge is -2.43. The molecule has 3 unspecified atom stereocenters. The Bertz CT molecular complexity index is 747. The Morgan fingerprint density at radius 2 is 1.72 bits per heavy atom. The number of hydrogen-bond donors (Lipinski definition) is 1. The van der Waals surface area contributed by atoms with Crippen LogP contribution in [-0.4, -0.2) is 32.7 Å². The smallest absolute Gasteiger partial charge is 0.262 e. The molecule has 0 heterocycles. The van der Waals surface area contributed by atoms with Crippen LogP contribution in [0.4, 0.5) is 0 Å². The van der Waals surface area contributed by atoms with Gasteiger partial charge < -0.3 is 14.5 Å². The maximum absolute atomic E-state index is 13.1. The van der Waals surface area contributed by atoms with Crippen LogP contribution in [-0.2, 0) is 9.22 Å². The molecular formula is C22H33Cl2NO3Si. The van der Waals surface area contributed by atoms with Crippen LogP contribution in [0, 0.1) is 17.3 Å². The van der Waals surface area contributed by atoms with Crippen molar-refractivity contribution in [1.29, 1.82) is 0 Å². The normalized spacial score (nSPS) is 15.7. The number of hydrogen-bond acceptors (Lipinski definition) is 3. The van der Waals surface area contributed by atoms with Gasteiger partial charge in [-0.3, -0.25) is 4.79 Å². The van der Waals surface area contributed by atoms with Crippen LogP contribution in [0.5, 0.6) is 5.75 Å². The zero-order valence-corrected chi connectivity index (χ0v) is 21.3. The van der Waals surface area contributed by atoms with E-state index in [0.29, 0.717) is 22.2 Å². The fraction of sp³-hybridized carbons (Fsp3) is 0.591. The maximum Gasteiger partial charge on any atom is 0.262 e. The summed E-state index contributed by atoms with van der Waals surface area (Å²) in [5.74, 6) is 6.33. The third-order valence-electron chi connectivity index (χ3n) is 4.26. The van der Waals surface area contributed by atoms with Gasteiger partial charge in [0.15, 0.2) is 15.1 Å². The van der Waals surface area contributed by atoms with E-state index in [2.05, 4.69) is 51.0 Å².